The van der Waals surface area contributed by atoms with Crippen molar-refractivity contribution in [2.24, 2.45) is 0 Å². The third kappa shape index (κ3) is 3.00. The molecule has 24 heavy (non-hydrogen) atoms. The topological polar surface area (TPSA) is 60.9 Å². The lowest BCUT2D eigenvalue weighted by Crippen LogP contribution is -2.49. The SMILES string of the molecule is C[C@H]1CCCCN1C(=O)CN1C(=O)CN(C)C(=O)c2ccccc21. The second-order valence-electron chi connectivity index (χ2n) is 6.59. The third-order valence-corrected chi connectivity index (χ3v) is 4.86. The molecule has 2 aliphatic heterocycles. The lowest BCUT2D eigenvalue weighted by molar-refractivity contribution is -0.134. The lowest BCUT2D eigenvalue weighted by Gasteiger charge is -2.35. The zero-order valence-corrected chi connectivity index (χ0v) is 14.2. The Bertz CT molecular complexity index is 673. The first-order chi connectivity index (χ1) is 11.5. The van der Waals surface area contributed by atoms with Crippen LogP contribution in [0.15, 0.2) is 24.3 Å². The first-order valence-electron chi connectivity index (χ1n) is 8.43. The van der Waals surface area contributed by atoms with Gasteiger partial charge in [0, 0.05) is 19.6 Å². The van der Waals surface area contributed by atoms with Gasteiger partial charge in [0.2, 0.25) is 11.8 Å². The van der Waals surface area contributed by atoms with Crippen LogP contribution < -0.4 is 4.90 Å². The number of fused-ring (bicyclic) bond motifs is 1. The van der Waals surface area contributed by atoms with Crippen LogP contribution in [0.1, 0.15) is 36.5 Å². The first kappa shape index (κ1) is 16.5. The smallest absolute Gasteiger partial charge is 0.256 e. The fourth-order valence-corrected chi connectivity index (χ4v) is 3.46. The number of likely N-dealkylation sites (N-methyl/N-ethyl adjacent to an activating group) is 1. The van der Waals surface area contributed by atoms with Gasteiger partial charge in [-0.05, 0) is 38.3 Å². The first-order valence-corrected chi connectivity index (χ1v) is 8.43. The van der Waals surface area contributed by atoms with Crippen LogP contribution in [0.5, 0.6) is 0 Å². The van der Waals surface area contributed by atoms with E-state index in [0.717, 1.165) is 25.8 Å². The summed E-state index contributed by atoms with van der Waals surface area (Å²) in [6.07, 6.45) is 3.13. The van der Waals surface area contributed by atoms with Gasteiger partial charge in [-0.1, -0.05) is 12.1 Å². The van der Waals surface area contributed by atoms with E-state index in [1.807, 2.05) is 11.8 Å². The number of anilines is 1. The van der Waals surface area contributed by atoms with Crippen molar-refractivity contribution in [3.05, 3.63) is 29.8 Å². The van der Waals surface area contributed by atoms with Crippen LogP contribution in [0.25, 0.3) is 0 Å². The maximum atomic E-state index is 12.7. The molecule has 3 rings (SSSR count). The number of piperidine rings is 1. The van der Waals surface area contributed by atoms with E-state index in [2.05, 4.69) is 0 Å². The predicted molar refractivity (Wildman–Crippen MR) is 90.8 cm³/mol. The molecule has 0 radical (unpaired) electrons. The fourth-order valence-electron chi connectivity index (χ4n) is 3.46. The molecule has 0 N–H and O–H groups in total. The zero-order valence-electron chi connectivity index (χ0n) is 14.2. The minimum Gasteiger partial charge on any atom is -0.338 e. The number of amides is 3. The van der Waals surface area contributed by atoms with Crippen LogP contribution in [-0.2, 0) is 9.59 Å². The van der Waals surface area contributed by atoms with Crippen LogP contribution in [0.4, 0.5) is 5.69 Å². The standard InChI is InChI=1S/C18H23N3O3/c1-13-7-5-6-10-20(13)17(23)12-21-15-9-4-3-8-14(15)18(24)19(2)11-16(21)22/h3-4,8-9,13H,5-7,10-12H2,1-2H3/t13-/m0/s1. The number of nitrogens with zero attached hydrogens (tertiary/aromatic N) is 3. The van der Waals surface area contributed by atoms with Gasteiger partial charge < -0.3 is 14.7 Å². The van der Waals surface area contributed by atoms with Gasteiger partial charge >= 0.3 is 0 Å². The monoisotopic (exact) mass is 329 g/mol. The molecule has 0 aromatic heterocycles. The Morgan fingerprint density at radius 3 is 2.71 bits per heavy atom. The molecule has 1 fully saturated rings. The fraction of sp³-hybridized carbons (Fsp3) is 0.500. The average Bonchev–Trinajstić information content (AvgIpc) is 2.66. The lowest BCUT2D eigenvalue weighted by atomic mass is 10.0. The van der Waals surface area contributed by atoms with Crippen molar-refractivity contribution >= 4 is 23.4 Å². The number of hydrogen-bond donors (Lipinski definition) is 0. The Kier molecular flexibility index (Phi) is 4.55. The summed E-state index contributed by atoms with van der Waals surface area (Å²) in [5.74, 6) is -0.476. The molecule has 1 aromatic rings. The molecular formula is C18H23N3O3. The highest BCUT2D eigenvalue weighted by Crippen LogP contribution is 2.26. The van der Waals surface area contributed by atoms with E-state index in [4.69, 9.17) is 0 Å². The van der Waals surface area contributed by atoms with E-state index in [1.165, 1.54) is 9.80 Å². The van der Waals surface area contributed by atoms with Crippen molar-refractivity contribution in [3.8, 4) is 0 Å². The summed E-state index contributed by atoms with van der Waals surface area (Å²) in [5, 5.41) is 0. The summed E-state index contributed by atoms with van der Waals surface area (Å²) < 4.78 is 0. The van der Waals surface area contributed by atoms with Gasteiger partial charge in [0.05, 0.1) is 11.3 Å². The van der Waals surface area contributed by atoms with Crippen LogP contribution in [0.3, 0.4) is 0 Å². The molecule has 6 nitrogen and oxygen atoms in total. The summed E-state index contributed by atoms with van der Waals surface area (Å²) in [6.45, 7) is 2.76. The summed E-state index contributed by atoms with van der Waals surface area (Å²) >= 11 is 0. The molecule has 0 spiro atoms. The molecule has 2 heterocycles. The molecule has 0 aliphatic carbocycles. The molecule has 0 saturated carbocycles. The van der Waals surface area contributed by atoms with E-state index in [-0.39, 0.29) is 36.9 Å². The number of benzene rings is 1. The minimum atomic E-state index is -0.228. The van der Waals surface area contributed by atoms with Crippen molar-refractivity contribution in [2.45, 2.75) is 32.2 Å². The second kappa shape index (κ2) is 6.63. The highest BCUT2D eigenvalue weighted by Gasteiger charge is 2.32. The van der Waals surface area contributed by atoms with Gasteiger partial charge in [0.25, 0.3) is 5.91 Å². The van der Waals surface area contributed by atoms with Crippen molar-refractivity contribution < 1.29 is 14.4 Å². The summed E-state index contributed by atoms with van der Waals surface area (Å²) in [5.41, 5.74) is 0.986. The van der Waals surface area contributed by atoms with Gasteiger partial charge in [-0.15, -0.1) is 0 Å². The van der Waals surface area contributed by atoms with Gasteiger partial charge in [-0.2, -0.15) is 0 Å². The van der Waals surface area contributed by atoms with Crippen molar-refractivity contribution in [1.29, 1.82) is 0 Å². The molecule has 1 atom stereocenters. The Labute approximate surface area is 142 Å². The van der Waals surface area contributed by atoms with Gasteiger partial charge in [-0.3, -0.25) is 14.4 Å². The van der Waals surface area contributed by atoms with Crippen LogP contribution in [-0.4, -0.2) is 60.2 Å². The number of rotatable bonds is 2. The predicted octanol–water partition coefficient (Wildman–Crippen LogP) is 1.51. The van der Waals surface area contributed by atoms with E-state index in [1.54, 1.807) is 31.3 Å². The molecule has 3 amide bonds. The number of likely N-dealkylation sites (tertiary alicyclic amines) is 1. The van der Waals surface area contributed by atoms with Crippen LogP contribution in [0.2, 0.25) is 0 Å². The van der Waals surface area contributed by atoms with E-state index in [9.17, 15) is 14.4 Å². The molecule has 0 unspecified atom stereocenters. The molecular weight excluding hydrogens is 306 g/mol. The minimum absolute atomic E-state index is 0.0126. The molecule has 2 aliphatic rings. The highest BCUT2D eigenvalue weighted by atomic mass is 16.2. The van der Waals surface area contributed by atoms with Gasteiger partial charge in [0.1, 0.15) is 13.1 Å². The molecule has 0 bridgehead atoms. The normalized spacial score (nSPS) is 21.6. The number of carbonyl (C=O) groups excluding carboxylic acids is 3. The average molecular weight is 329 g/mol. The van der Waals surface area contributed by atoms with Crippen LogP contribution >= 0.6 is 0 Å². The number of carbonyl (C=O) groups is 3. The molecule has 128 valence electrons. The zero-order chi connectivity index (χ0) is 17.3. The second-order valence-corrected chi connectivity index (χ2v) is 6.59. The Morgan fingerprint density at radius 2 is 1.96 bits per heavy atom. The quantitative estimate of drug-likeness (QED) is 0.826. The Hall–Kier alpha value is -2.37. The van der Waals surface area contributed by atoms with E-state index < -0.39 is 0 Å². The maximum absolute atomic E-state index is 12.7. The van der Waals surface area contributed by atoms with Gasteiger partial charge in [0.15, 0.2) is 0 Å². The Balaban J connectivity index is 1.88. The van der Waals surface area contributed by atoms with Crippen molar-refractivity contribution in [1.82, 2.24) is 9.80 Å². The van der Waals surface area contributed by atoms with Crippen molar-refractivity contribution in [3.63, 3.8) is 0 Å². The van der Waals surface area contributed by atoms with Crippen LogP contribution in [0, 0.1) is 0 Å². The highest BCUT2D eigenvalue weighted by molar-refractivity contribution is 6.11. The van der Waals surface area contributed by atoms with Gasteiger partial charge in [-0.25, -0.2) is 0 Å². The summed E-state index contributed by atoms with van der Waals surface area (Å²) in [4.78, 5) is 42.5. The summed E-state index contributed by atoms with van der Waals surface area (Å²) in [6, 6.07) is 7.19. The van der Waals surface area contributed by atoms with E-state index in [0.29, 0.717) is 11.3 Å². The Morgan fingerprint density at radius 1 is 1.21 bits per heavy atom. The molecule has 1 saturated heterocycles. The van der Waals surface area contributed by atoms with E-state index >= 15 is 0 Å². The molecule has 1 aromatic carbocycles. The molecule has 6 heteroatoms. The maximum Gasteiger partial charge on any atom is 0.256 e. The number of para-hydroxylation sites is 1. The van der Waals surface area contributed by atoms with Crippen molar-refractivity contribution in [2.75, 3.05) is 31.6 Å². The summed E-state index contributed by atoms with van der Waals surface area (Å²) in [7, 11) is 1.61. The largest absolute Gasteiger partial charge is 0.338 e. The third-order valence-electron chi connectivity index (χ3n) is 4.86. The number of hydrogen-bond acceptors (Lipinski definition) is 3.